The number of rotatable bonds is 0. The SMILES string of the molecule is O=c1ccccc2nc3[nH]ncc3cc12. The molecule has 0 aliphatic carbocycles. The van der Waals surface area contributed by atoms with E-state index in [0.29, 0.717) is 16.6 Å². The number of pyridine rings is 1. The molecule has 4 nitrogen and oxygen atoms in total. The molecule has 15 heavy (non-hydrogen) atoms. The topological polar surface area (TPSA) is 58.6 Å². The molecule has 3 aromatic rings. The molecule has 1 N–H and O–H groups in total. The van der Waals surface area contributed by atoms with Gasteiger partial charge in [-0.1, -0.05) is 12.1 Å². The lowest BCUT2D eigenvalue weighted by Crippen LogP contribution is -1.95. The average molecular weight is 197 g/mol. The second-order valence-corrected chi connectivity index (χ2v) is 3.31. The lowest BCUT2D eigenvalue weighted by atomic mass is 10.2. The van der Waals surface area contributed by atoms with Crippen LogP contribution in [0, 0.1) is 0 Å². The van der Waals surface area contributed by atoms with Crippen LogP contribution in [0.25, 0.3) is 21.9 Å². The fraction of sp³-hybridized carbons (Fsp3) is 0. The third-order valence-electron chi connectivity index (χ3n) is 2.33. The molecule has 0 bridgehead atoms. The van der Waals surface area contributed by atoms with E-state index in [1.807, 2.05) is 12.1 Å². The van der Waals surface area contributed by atoms with Gasteiger partial charge in [-0.05, 0) is 18.2 Å². The summed E-state index contributed by atoms with van der Waals surface area (Å²) in [6.45, 7) is 0. The molecule has 0 fully saturated rings. The third-order valence-corrected chi connectivity index (χ3v) is 2.33. The number of nitrogens with one attached hydrogen (secondary N) is 1. The number of hydrogen-bond donors (Lipinski definition) is 1. The maximum absolute atomic E-state index is 11.7. The molecule has 0 atom stereocenters. The van der Waals surface area contributed by atoms with Crippen molar-refractivity contribution in [1.82, 2.24) is 15.2 Å². The van der Waals surface area contributed by atoms with Gasteiger partial charge in [0.05, 0.1) is 11.7 Å². The van der Waals surface area contributed by atoms with Gasteiger partial charge in [-0.15, -0.1) is 0 Å². The number of aromatic nitrogens is 3. The van der Waals surface area contributed by atoms with E-state index in [1.165, 1.54) is 6.07 Å². The Labute approximate surface area is 84.6 Å². The highest BCUT2D eigenvalue weighted by Crippen LogP contribution is 2.13. The van der Waals surface area contributed by atoms with Crippen LogP contribution in [0.4, 0.5) is 0 Å². The Morgan fingerprint density at radius 2 is 2.07 bits per heavy atom. The van der Waals surface area contributed by atoms with Crippen molar-refractivity contribution in [2.75, 3.05) is 0 Å². The molecule has 0 unspecified atom stereocenters. The highest BCUT2D eigenvalue weighted by Gasteiger charge is 2.01. The molecule has 2 aromatic heterocycles. The molecule has 3 rings (SSSR count). The van der Waals surface area contributed by atoms with Gasteiger partial charge in [0.25, 0.3) is 0 Å². The van der Waals surface area contributed by atoms with E-state index in [4.69, 9.17) is 0 Å². The van der Waals surface area contributed by atoms with Crippen LogP contribution in [-0.2, 0) is 0 Å². The molecule has 0 radical (unpaired) electrons. The molecule has 0 aliphatic heterocycles. The summed E-state index contributed by atoms with van der Waals surface area (Å²) in [7, 11) is 0. The predicted octanol–water partition coefficient (Wildman–Crippen LogP) is 1.47. The Bertz CT molecular complexity index is 703. The minimum atomic E-state index is -0.0226. The lowest BCUT2D eigenvalue weighted by Gasteiger charge is -1.91. The van der Waals surface area contributed by atoms with E-state index in [-0.39, 0.29) is 5.43 Å². The van der Waals surface area contributed by atoms with Crippen molar-refractivity contribution in [1.29, 1.82) is 0 Å². The predicted molar refractivity (Wildman–Crippen MR) is 57.7 cm³/mol. The van der Waals surface area contributed by atoms with Crippen LogP contribution in [0.2, 0.25) is 0 Å². The highest BCUT2D eigenvalue weighted by atomic mass is 16.1. The van der Waals surface area contributed by atoms with Crippen molar-refractivity contribution in [2.45, 2.75) is 0 Å². The standard InChI is InChI=1S/C11H7N3O/c15-10-4-2-1-3-9-8(10)5-7-6-12-14-11(7)13-9/h1-6H,(H,12,13,14). The minimum Gasteiger partial charge on any atom is -0.289 e. The first-order chi connectivity index (χ1) is 7.34. The first kappa shape index (κ1) is 8.11. The monoisotopic (exact) mass is 197 g/mol. The third kappa shape index (κ3) is 1.19. The summed E-state index contributed by atoms with van der Waals surface area (Å²) < 4.78 is 0. The second-order valence-electron chi connectivity index (χ2n) is 3.31. The number of aromatic amines is 1. The zero-order chi connectivity index (χ0) is 10.3. The van der Waals surface area contributed by atoms with Gasteiger partial charge in [-0.25, -0.2) is 4.98 Å². The highest BCUT2D eigenvalue weighted by molar-refractivity contribution is 5.90. The molecule has 0 spiro atoms. The van der Waals surface area contributed by atoms with Gasteiger partial charge in [0.1, 0.15) is 0 Å². The molecule has 0 amide bonds. The van der Waals surface area contributed by atoms with Gasteiger partial charge in [0.15, 0.2) is 11.1 Å². The van der Waals surface area contributed by atoms with E-state index in [9.17, 15) is 4.79 Å². The van der Waals surface area contributed by atoms with Crippen molar-refractivity contribution in [3.05, 3.63) is 46.8 Å². The summed E-state index contributed by atoms with van der Waals surface area (Å²) in [5, 5.41) is 8.13. The Kier molecular flexibility index (Phi) is 1.56. The summed E-state index contributed by atoms with van der Waals surface area (Å²) in [5.74, 6) is 0. The Morgan fingerprint density at radius 3 is 3.00 bits per heavy atom. The van der Waals surface area contributed by atoms with Crippen LogP contribution in [0.15, 0.2) is 41.3 Å². The maximum Gasteiger partial charge on any atom is 0.188 e. The first-order valence-corrected chi connectivity index (χ1v) is 4.58. The molecular formula is C11H7N3O. The molecule has 2 heterocycles. The normalized spacial score (nSPS) is 10.9. The minimum absolute atomic E-state index is 0.0226. The van der Waals surface area contributed by atoms with Crippen molar-refractivity contribution in [2.24, 2.45) is 0 Å². The van der Waals surface area contributed by atoms with Crippen molar-refractivity contribution in [3.63, 3.8) is 0 Å². The van der Waals surface area contributed by atoms with Gasteiger partial charge in [0.2, 0.25) is 0 Å². The first-order valence-electron chi connectivity index (χ1n) is 4.58. The fourth-order valence-corrected chi connectivity index (χ4v) is 1.60. The summed E-state index contributed by atoms with van der Waals surface area (Å²) >= 11 is 0. The van der Waals surface area contributed by atoms with Gasteiger partial charge in [0, 0.05) is 10.8 Å². The van der Waals surface area contributed by atoms with Crippen molar-refractivity contribution < 1.29 is 0 Å². The van der Waals surface area contributed by atoms with Crippen LogP contribution in [0.5, 0.6) is 0 Å². The second kappa shape index (κ2) is 2.88. The summed E-state index contributed by atoms with van der Waals surface area (Å²) in [6, 6.07) is 8.69. The van der Waals surface area contributed by atoms with E-state index >= 15 is 0 Å². The van der Waals surface area contributed by atoms with Crippen LogP contribution in [0.3, 0.4) is 0 Å². The Hall–Kier alpha value is -2.23. The smallest absolute Gasteiger partial charge is 0.188 e. The molecule has 72 valence electrons. The quantitative estimate of drug-likeness (QED) is 0.593. The maximum atomic E-state index is 11.7. The van der Waals surface area contributed by atoms with Crippen molar-refractivity contribution >= 4 is 21.9 Å². The van der Waals surface area contributed by atoms with E-state index in [1.54, 1.807) is 18.3 Å². The molecule has 0 aliphatic rings. The number of nitrogens with zero attached hydrogens (tertiary/aromatic N) is 2. The van der Waals surface area contributed by atoms with Crippen molar-refractivity contribution in [3.8, 4) is 0 Å². The summed E-state index contributed by atoms with van der Waals surface area (Å²) in [5.41, 5.74) is 1.36. The Balaban J connectivity index is 2.64. The summed E-state index contributed by atoms with van der Waals surface area (Å²) in [6.07, 6.45) is 1.66. The number of hydrogen-bond acceptors (Lipinski definition) is 3. The van der Waals surface area contributed by atoms with E-state index in [0.717, 1.165) is 5.39 Å². The number of H-pyrrole nitrogens is 1. The van der Waals surface area contributed by atoms with Crippen LogP contribution in [-0.4, -0.2) is 15.2 Å². The molecule has 4 heteroatoms. The molecule has 0 saturated heterocycles. The molecule has 1 aromatic carbocycles. The number of fused-ring (bicyclic) bond motifs is 2. The van der Waals surface area contributed by atoms with Gasteiger partial charge in [-0.2, -0.15) is 5.10 Å². The molecular weight excluding hydrogens is 190 g/mol. The summed E-state index contributed by atoms with van der Waals surface area (Å²) in [4.78, 5) is 16.0. The fourth-order valence-electron chi connectivity index (χ4n) is 1.60. The Morgan fingerprint density at radius 1 is 1.20 bits per heavy atom. The lowest BCUT2D eigenvalue weighted by molar-refractivity contribution is 1.10. The average Bonchev–Trinajstić information content (AvgIpc) is 2.62. The van der Waals surface area contributed by atoms with Gasteiger partial charge < -0.3 is 0 Å². The van der Waals surface area contributed by atoms with E-state index < -0.39 is 0 Å². The van der Waals surface area contributed by atoms with Gasteiger partial charge in [-0.3, -0.25) is 9.89 Å². The zero-order valence-electron chi connectivity index (χ0n) is 7.77. The van der Waals surface area contributed by atoms with Gasteiger partial charge >= 0.3 is 0 Å². The van der Waals surface area contributed by atoms with Crippen LogP contribution in [0.1, 0.15) is 0 Å². The van der Waals surface area contributed by atoms with Crippen LogP contribution >= 0.6 is 0 Å². The zero-order valence-corrected chi connectivity index (χ0v) is 7.77. The molecule has 0 saturated carbocycles. The van der Waals surface area contributed by atoms with Crippen LogP contribution < -0.4 is 5.43 Å². The van der Waals surface area contributed by atoms with E-state index in [2.05, 4.69) is 15.2 Å². The largest absolute Gasteiger partial charge is 0.289 e.